The van der Waals surface area contributed by atoms with Crippen LogP contribution in [0.15, 0.2) is 60.7 Å². The zero-order valence-corrected chi connectivity index (χ0v) is 22.4. The lowest BCUT2D eigenvalue weighted by Gasteiger charge is -2.27. The van der Waals surface area contributed by atoms with E-state index in [9.17, 15) is 24.9 Å². The number of carbonyl (C=O) groups is 2. The number of aliphatic hydroxyl groups excluding tert-OH is 2. The normalized spacial score (nSPS) is 14.8. The Morgan fingerprint density at radius 1 is 1.05 bits per heavy atom. The minimum Gasteiger partial charge on any atom is -0.508 e. The molecule has 11 nitrogen and oxygen atoms in total. The largest absolute Gasteiger partial charge is 0.508 e. The van der Waals surface area contributed by atoms with E-state index in [1.807, 2.05) is 24.3 Å². The molecule has 11 heteroatoms. The number of hydrogen-bond donors (Lipinski definition) is 6. The third-order valence-electron chi connectivity index (χ3n) is 6.48. The molecule has 1 amide bonds. The van der Waals surface area contributed by atoms with Gasteiger partial charge in [-0.15, -0.1) is 0 Å². The van der Waals surface area contributed by atoms with Gasteiger partial charge in [0, 0.05) is 17.7 Å². The number of rotatable bonds is 14. The zero-order chi connectivity index (χ0) is 29.2. The SMILES string of the molecule is O=C(O)CNC(=O)c1cccc(COC[C@@H]2COc3ccc(CCNC[C@H](O)c4ccc(O)c(CO)c4)cc3O2)c1. The van der Waals surface area contributed by atoms with Gasteiger partial charge >= 0.3 is 5.97 Å². The summed E-state index contributed by atoms with van der Waals surface area (Å²) in [5.41, 5.74) is 3.13. The van der Waals surface area contributed by atoms with Gasteiger partial charge in [0.05, 0.1) is 25.9 Å². The summed E-state index contributed by atoms with van der Waals surface area (Å²) >= 11 is 0. The maximum atomic E-state index is 12.1. The second-order valence-electron chi connectivity index (χ2n) is 9.64. The lowest BCUT2D eigenvalue weighted by Crippen LogP contribution is -2.33. The molecule has 41 heavy (non-hydrogen) atoms. The van der Waals surface area contributed by atoms with E-state index < -0.39 is 24.5 Å². The fraction of sp³-hybridized carbons (Fsp3) is 0.333. The van der Waals surface area contributed by atoms with Crippen molar-refractivity contribution in [2.45, 2.75) is 31.8 Å². The Labute approximate surface area is 237 Å². The summed E-state index contributed by atoms with van der Waals surface area (Å²) < 4.78 is 17.7. The zero-order valence-electron chi connectivity index (χ0n) is 22.4. The van der Waals surface area contributed by atoms with Crippen LogP contribution in [0.25, 0.3) is 0 Å². The summed E-state index contributed by atoms with van der Waals surface area (Å²) in [6.45, 7) is 1.02. The fourth-order valence-corrected chi connectivity index (χ4v) is 4.29. The predicted octanol–water partition coefficient (Wildman–Crippen LogP) is 1.92. The quantitative estimate of drug-likeness (QED) is 0.159. The molecular weight excluding hydrogens is 532 g/mol. The Balaban J connectivity index is 1.21. The standard InChI is InChI=1S/C30H34N2O9/c33-15-23-12-21(5-6-25(23)34)26(35)13-31-9-8-19-4-7-27-28(11-19)41-24(18-40-27)17-39-16-20-2-1-3-22(10-20)30(38)32-14-29(36)37/h1-7,10-12,24,26,31,33-35H,8-9,13-18H2,(H,32,38)(H,36,37)/t24-,26+/m1/s1. The van der Waals surface area contributed by atoms with E-state index in [0.29, 0.717) is 54.3 Å². The van der Waals surface area contributed by atoms with E-state index in [-0.39, 0.29) is 31.7 Å². The van der Waals surface area contributed by atoms with Gasteiger partial charge in [0.25, 0.3) is 5.91 Å². The monoisotopic (exact) mass is 566 g/mol. The smallest absolute Gasteiger partial charge is 0.322 e. The molecular formula is C30H34N2O9. The van der Waals surface area contributed by atoms with Crippen LogP contribution in [0.5, 0.6) is 17.2 Å². The molecule has 1 aliphatic rings. The van der Waals surface area contributed by atoms with Crippen molar-refractivity contribution in [1.82, 2.24) is 10.6 Å². The molecule has 6 N–H and O–H groups in total. The molecule has 2 atom stereocenters. The van der Waals surface area contributed by atoms with E-state index in [0.717, 1.165) is 11.1 Å². The average molecular weight is 567 g/mol. The number of phenols is 1. The Hall–Kier alpha value is -4.16. The summed E-state index contributed by atoms with van der Waals surface area (Å²) in [5.74, 6) is -0.305. The van der Waals surface area contributed by atoms with Gasteiger partial charge in [-0.25, -0.2) is 0 Å². The number of amides is 1. The van der Waals surface area contributed by atoms with Gasteiger partial charge in [0.1, 0.15) is 18.9 Å². The third-order valence-corrected chi connectivity index (χ3v) is 6.48. The van der Waals surface area contributed by atoms with Crippen molar-refractivity contribution in [3.05, 3.63) is 88.5 Å². The maximum Gasteiger partial charge on any atom is 0.322 e. The molecule has 4 rings (SSSR count). The first-order valence-electron chi connectivity index (χ1n) is 13.2. The highest BCUT2D eigenvalue weighted by atomic mass is 16.6. The molecule has 3 aromatic rings. The molecule has 0 aromatic heterocycles. The molecule has 3 aromatic carbocycles. The van der Waals surface area contributed by atoms with Crippen LogP contribution >= 0.6 is 0 Å². The number of nitrogens with one attached hydrogen (secondary N) is 2. The summed E-state index contributed by atoms with van der Waals surface area (Å²) in [6, 6.07) is 17.2. The number of hydrogen-bond acceptors (Lipinski definition) is 9. The Bertz CT molecular complexity index is 1350. The Morgan fingerprint density at radius 3 is 2.71 bits per heavy atom. The van der Waals surface area contributed by atoms with E-state index in [1.54, 1.807) is 30.3 Å². The topological polar surface area (TPSA) is 167 Å². The van der Waals surface area contributed by atoms with Gasteiger partial charge in [-0.1, -0.05) is 24.3 Å². The van der Waals surface area contributed by atoms with Crippen LogP contribution < -0.4 is 20.1 Å². The number of aromatic hydroxyl groups is 1. The van der Waals surface area contributed by atoms with Crippen molar-refractivity contribution in [2.75, 3.05) is 32.8 Å². The first-order valence-corrected chi connectivity index (χ1v) is 13.2. The van der Waals surface area contributed by atoms with Gasteiger partial charge in [-0.2, -0.15) is 0 Å². The van der Waals surface area contributed by atoms with Gasteiger partial charge in [0.15, 0.2) is 17.6 Å². The second-order valence-corrected chi connectivity index (χ2v) is 9.64. The third kappa shape index (κ3) is 8.66. The number of carbonyl (C=O) groups excluding carboxylic acids is 1. The van der Waals surface area contributed by atoms with Crippen molar-refractivity contribution >= 4 is 11.9 Å². The molecule has 0 fully saturated rings. The lowest BCUT2D eigenvalue weighted by atomic mass is 10.1. The van der Waals surface area contributed by atoms with Crippen molar-refractivity contribution in [1.29, 1.82) is 0 Å². The van der Waals surface area contributed by atoms with Crippen molar-refractivity contribution in [2.24, 2.45) is 0 Å². The molecule has 0 unspecified atom stereocenters. The Morgan fingerprint density at radius 2 is 1.90 bits per heavy atom. The van der Waals surface area contributed by atoms with Crippen LogP contribution in [0.1, 0.15) is 38.7 Å². The lowest BCUT2D eigenvalue weighted by molar-refractivity contribution is -0.135. The summed E-state index contributed by atoms with van der Waals surface area (Å²) in [7, 11) is 0. The van der Waals surface area contributed by atoms with E-state index in [2.05, 4.69) is 10.6 Å². The molecule has 1 aliphatic heterocycles. The van der Waals surface area contributed by atoms with Crippen molar-refractivity contribution in [3.8, 4) is 17.2 Å². The molecule has 0 saturated carbocycles. The van der Waals surface area contributed by atoms with Crippen molar-refractivity contribution < 1.29 is 44.2 Å². The van der Waals surface area contributed by atoms with E-state index in [4.69, 9.17) is 19.3 Å². The number of carboxylic acid groups (broad SMARTS) is 1. The van der Waals surface area contributed by atoms with Crippen molar-refractivity contribution in [3.63, 3.8) is 0 Å². The number of ether oxygens (including phenoxy) is 3. The summed E-state index contributed by atoms with van der Waals surface area (Å²) in [4.78, 5) is 22.7. The Kier molecular flexibility index (Phi) is 10.5. The van der Waals surface area contributed by atoms with Gasteiger partial charge in [0.2, 0.25) is 0 Å². The van der Waals surface area contributed by atoms with Crippen LogP contribution in [0, 0.1) is 0 Å². The minimum atomic E-state index is -1.11. The predicted molar refractivity (Wildman–Crippen MR) is 148 cm³/mol. The fourth-order valence-electron chi connectivity index (χ4n) is 4.29. The maximum absolute atomic E-state index is 12.1. The molecule has 218 valence electrons. The highest BCUT2D eigenvalue weighted by molar-refractivity contribution is 5.95. The molecule has 1 heterocycles. The van der Waals surface area contributed by atoms with Gasteiger partial charge in [-0.05, 0) is 66.1 Å². The van der Waals surface area contributed by atoms with Crippen LogP contribution in [-0.4, -0.2) is 71.3 Å². The van der Waals surface area contributed by atoms with E-state index in [1.165, 1.54) is 6.07 Å². The highest BCUT2D eigenvalue weighted by Gasteiger charge is 2.22. The first kappa shape index (κ1) is 29.8. The summed E-state index contributed by atoms with van der Waals surface area (Å²) in [5, 5.41) is 43.7. The van der Waals surface area contributed by atoms with E-state index >= 15 is 0 Å². The molecule has 0 saturated heterocycles. The number of aliphatic hydroxyl groups is 2. The highest BCUT2D eigenvalue weighted by Crippen LogP contribution is 2.33. The molecule has 0 aliphatic carbocycles. The number of aliphatic carboxylic acids is 1. The molecule has 0 radical (unpaired) electrons. The summed E-state index contributed by atoms with van der Waals surface area (Å²) in [6.07, 6.45) is -0.404. The van der Waals surface area contributed by atoms with Crippen LogP contribution in [-0.2, 0) is 29.2 Å². The number of fused-ring (bicyclic) bond motifs is 1. The first-order chi connectivity index (χ1) is 19.8. The second kappa shape index (κ2) is 14.5. The molecule has 0 spiro atoms. The van der Waals surface area contributed by atoms with Gasteiger partial charge < -0.3 is 45.3 Å². The van der Waals surface area contributed by atoms with Crippen LogP contribution in [0.4, 0.5) is 0 Å². The van der Waals surface area contributed by atoms with Crippen LogP contribution in [0.2, 0.25) is 0 Å². The number of carboxylic acids is 1. The average Bonchev–Trinajstić information content (AvgIpc) is 2.98. The molecule has 0 bridgehead atoms. The minimum absolute atomic E-state index is 0.00390. The number of benzene rings is 3. The van der Waals surface area contributed by atoms with Crippen LogP contribution in [0.3, 0.4) is 0 Å². The van der Waals surface area contributed by atoms with Gasteiger partial charge in [-0.3, -0.25) is 9.59 Å².